The molecule has 8 heteroatoms. The average Bonchev–Trinajstić information content (AvgIpc) is 2.20. The van der Waals surface area contributed by atoms with Crippen molar-refractivity contribution in [3.63, 3.8) is 0 Å². The van der Waals surface area contributed by atoms with Gasteiger partial charge in [-0.1, -0.05) is 20.8 Å². The monoisotopic (exact) mass is 301 g/mol. The highest BCUT2D eigenvalue weighted by atomic mass is 16.7. The summed E-state index contributed by atoms with van der Waals surface area (Å²) in [5.74, 6) is -4.31. The number of rotatable bonds is 2. The van der Waals surface area contributed by atoms with Crippen LogP contribution >= 0.6 is 0 Å². The number of nitrogens with two attached hydrogens (primary N) is 1. The van der Waals surface area contributed by atoms with E-state index in [-0.39, 0.29) is 0 Å². The Morgan fingerprint density at radius 2 is 1.67 bits per heavy atom. The van der Waals surface area contributed by atoms with Gasteiger partial charge in [0.1, 0.15) is 0 Å². The van der Waals surface area contributed by atoms with Gasteiger partial charge >= 0.3 is 18.0 Å². The van der Waals surface area contributed by atoms with Gasteiger partial charge in [-0.15, -0.1) is 0 Å². The average molecular weight is 301 g/mol. The molecule has 1 aliphatic rings. The van der Waals surface area contributed by atoms with E-state index in [1.54, 1.807) is 20.8 Å². The molecule has 3 N–H and O–H groups in total. The van der Waals surface area contributed by atoms with Crippen LogP contribution in [-0.4, -0.2) is 35.0 Å². The Balaban J connectivity index is 3.28. The molecule has 0 radical (unpaired) electrons. The van der Waals surface area contributed by atoms with Crippen LogP contribution < -0.4 is 5.73 Å². The van der Waals surface area contributed by atoms with Gasteiger partial charge in [0, 0.05) is 19.3 Å². The molecule has 0 unspecified atom stereocenters. The third kappa shape index (κ3) is 3.87. The Bertz CT molecular complexity index is 491. The van der Waals surface area contributed by atoms with E-state index in [1.165, 1.54) is 13.8 Å². The second-order valence-electron chi connectivity index (χ2n) is 6.12. The highest BCUT2D eigenvalue weighted by Crippen LogP contribution is 2.32. The van der Waals surface area contributed by atoms with E-state index in [2.05, 4.69) is 0 Å². The predicted molar refractivity (Wildman–Crippen MR) is 69.8 cm³/mol. The lowest BCUT2D eigenvalue weighted by atomic mass is 9.86. The summed E-state index contributed by atoms with van der Waals surface area (Å²) in [7, 11) is 0. The molecule has 0 aromatic rings. The van der Waals surface area contributed by atoms with Crippen LogP contribution in [0.5, 0.6) is 0 Å². The first kappa shape index (κ1) is 16.8. The molecular weight excluding hydrogens is 282 g/mol. The molecular formula is C13H19NO7. The van der Waals surface area contributed by atoms with Gasteiger partial charge in [0.05, 0.1) is 0 Å². The number of carbonyl (C=O) groups is 3. The minimum Gasteiger partial charge on any atom is -0.507 e. The SMILES string of the molecule is CC1(C)OC(=O)C(=C(O)[C@@H](OC(N)=O)C(C)(C)C)C(=O)O1. The van der Waals surface area contributed by atoms with Gasteiger partial charge in [-0.3, -0.25) is 0 Å². The molecule has 0 aromatic heterocycles. The third-order valence-corrected chi connectivity index (χ3v) is 2.61. The van der Waals surface area contributed by atoms with Crippen LogP contribution in [0.2, 0.25) is 0 Å². The van der Waals surface area contributed by atoms with Crippen molar-refractivity contribution in [1.82, 2.24) is 0 Å². The molecule has 0 bridgehead atoms. The van der Waals surface area contributed by atoms with E-state index in [1.807, 2.05) is 0 Å². The van der Waals surface area contributed by atoms with Crippen molar-refractivity contribution >= 4 is 18.0 Å². The molecule has 21 heavy (non-hydrogen) atoms. The number of aliphatic hydroxyl groups is 1. The minimum atomic E-state index is -1.43. The molecule has 1 fully saturated rings. The predicted octanol–water partition coefficient (Wildman–Crippen LogP) is 1.14. The number of primary amides is 1. The number of ether oxygens (including phenoxy) is 3. The van der Waals surface area contributed by atoms with E-state index in [4.69, 9.17) is 19.9 Å². The fourth-order valence-electron chi connectivity index (χ4n) is 1.75. The van der Waals surface area contributed by atoms with Crippen molar-refractivity contribution < 1.29 is 33.7 Å². The summed E-state index contributed by atoms with van der Waals surface area (Å²) in [6, 6.07) is 0. The molecule has 1 rings (SSSR count). The van der Waals surface area contributed by atoms with Crippen LogP contribution in [0.1, 0.15) is 34.6 Å². The lowest BCUT2D eigenvalue weighted by Crippen LogP contribution is -2.44. The van der Waals surface area contributed by atoms with Gasteiger partial charge in [0.2, 0.25) is 0 Å². The summed E-state index contributed by atoms with van der Waals surface area (Å²) >= 11 is 0. The molecule has 118 valence electrons. The van der Waals surface area contributed by atoms with Crippen LogP contribution in [0.25, 0.3) is 0 Å². The zero-order valence-electron chi connectivity index (χ0n) is 12.6. The van der Waals surface area contributed by atoms with E-state index in [0.29, 0.717) is 0 Å². The number of amides is 1. The number of aliphatic hydroxyl groups excluding tert-OH is 1. The summed E-state index contributed by atoms with van der Waals surface area (Å²) in [6.45, 7) is 7.62. The van der Waals surface area contributed by atoms with Crippen molar-refractivity contribution in [2.45, 2.75) is 46.5 Å². The third-order valence-electron chi connectivity index (χ3n) is 2.61. The number of hydrogen-bond donors (Lipinski definition) is 2. The van der Waals surface area contributed by atoms with E-state index in [9.17, 15) is 19.5 Å². The van der Waals surface area contributed by atoms with Crippen LogP contribution in [-0.2, 0) is 23.8 Å². The second kappa shape index (κ2) is 5.27. The van der Waals surface area contributed by atoms with Crippen LogP contribution in [0.15, 0.2) is 11.3 Å². The summed E-state index contributed by atoms with van der Waals surface area (Å²) in [4.78, 5) is 34.7. The van der Waals surface area contributed by atoms with Gasteiger partial charge < -0.3 is 25.1 Å². The highest BCUT2D eigenvalue weighted by molar-refractivity contribution is 6.15. The van der Waals surface area contributed by atoms with Gasteiger partial charge in [-0.2, -0.15) is 0 Å². The molecule has 0 saturated carbocycles. The first-order valence-corrected chi connectivity index (χ1v) is 6.21. The molecule has 1 atom stereocenters. The number of carbonyl (C=O) groups excluding carboxylic acids is 3. The van der Waals surface area contributed by atoms with Crippen LogP contribution in [0, 0.1) is 5.41 Å². The fraction of sp³-hybridized carbons (Fsp3) is 0.615. The molecule has 0 aliphatic carbocycles. The van der Waals surface area contributed by atoms with Crippen LogP contribution in [0.4, 0.5) is 4.79 Å². The molecule has 1 heterocycles. The molecule has 1 aliphatic heterocycles. The van der Waals surface area contributed by atoms with E-state index < -0.39 is 46.7 Å². The zero-order valence-corrected chi connectivity index (χ0v) is 12.6. The first-order chi connectivity index (χ1) is 9.35. The Morgan fingerprint density at radius 3 is 2.00 bits per heavy atom. The highest BCUT2D eigenvalue weighted by Gasteiger charge is 2.45. The first-order valence-electron chi connectivity index (χ1n) is 6.21. The Kier molecular flexibility index (Phi) is 4.21. The number of cyclic esters (lactones) is 2. The van der Waals surface area contributed by atoms with Crippen molar-refractivity contribution in [3.05, 3.63) is 11.3 Å². The molecule has 1 saturated heterocycles. The summed E-state index contributed by atoms with van der Waals surface area (Å²) < 4.78 is 14.5. The van der Waals surface area contributed by atoms with Gasteiger partial charge in [0.15, 0.2) is 17.4 Å². The van der Waals surface area contributed by atoms with Gasteiger partial charge in [-0.05, 0) is 0 Å². The summed E-state index contributed by atoms with van der Waals surface area (Å²) in [6.07, 6.45) is -2.45. The smallest absolute Gasteiger partial charge is 0.405 e. The van der Waals surface area contributed by atoms with Gasteiger partial charge in [-0.25, -0.2) is 14.4 Å². The number of esters is 2. The maximum Gasteiger partial charge on any atom is 0.405 e. The molecule has 0 spiro atoms. The molecule has 8 nitrogen and oxygen atoms in total. The molecule has 1 amide bonds. The lowest BCUT2D eigenvalue weighted by Gasteiger charge is -2.33. The van der Waals surface area contributed by atoms with E-state index in [0.717, 1.165) is 0 Å². The number of hydrogen-bond acceptors (Lipinski definition) is 7. The van der Waals surface area contributed by atoms with E-state index >= 15 is 0 Å². The second-order valence-corrected chi connectivity index (χ2v) is 6.12. The normalized spacial score (nSPS) is 19.4. The van der Waals surface area contributed by atoms with Crippen molar-refractivity contribution in [1.29, 1.82) is 0 Å². The zero-order chi connectivity index (χ0) is 16.6. The lowest BCUT2D eigenvalue weighted by molar-refractivity contribution is -0.223. The van der Waals surface area contributed by atoms with Gasteiger partial charge in [0.25, 0.3) is 5.79 Å². The maximum atomic E-state index is 11.9. The van der Waals surface area contributed by atoms with Crippen molar-refractivity contribution in [3.8, 4) is 0 Å². The van der Waals surface area contributed by atoms with Crippen molar-refractivity contribution in [2.75, 3.05) is 0 Å². The molecule has 0 aromatic carbocycles. The minimum absolute atomic E-state index is 0.713. The summed E-state index contributed by atoms with van der Waals surface area (Å²) in [5, 5.41) is 10.2. The Labute approximate surface area is 121 Å². The fourth-order valence-corrected chi connectivity index (χ4v) is 1.75. The largest absolute Gasteiger partial charge is 0.507 e. The quantitative estimate of drug-likeness (QED) is 0.339. The van der Waals surface area contributed by atoms with Crippen molar-refractivity contribution in [2.24, 2.45) is 11.1 Å². The van der Waals surface area contributed by atoms with Crippen LogP contribution in [0.3, 0.4) is 0 Å². The topological polar surface area (TPSA) is 125 Å². The maximum absolute atomic E-state index is 11.9. The summed E-state index contributed by atoms with van der Waals surface area (Å²) in [5.41, 5.74) is 3.41. The Morgan fingerprint density at radius 1 is 1.24 bits per heavy atom. The standard InChI is InChI=1S/C13H19NO7/c1-12(2,3)8(19-11(14)18)7(15)6-9(16)20-13(4,5)21-10(6)17/h8,15H,1-5H3,(H2,14,18)/t8-/m1/s1. The Hall–Kier alpha value is -2.25.